The molecule has 3 rings (SSSR count). The zero-order valence-corrected chi connectivity index (χ0v) is 20.6. The summed E-state index contributed by atoms with van der Waals surface area (Å²) in [6, 6.07) is 13.7. The summed E-state index contributed by atoms with van der Waals surface area (Å²) in [7, 11) is -4.01. The third-order valence-electron chi connectivity index (χ3n) is 5.71. The summed E-state index contributed by atoms with van der Waals surface area (Å²) in [6.07, 6.45) is 0.797. The van der Waals surface area contributed by atoms with Crippen LogP contribution in [0.1, 0.15) is 36.6 Å². The van der Waals surface area contributed by atoms with Gasteiger partial charge in [0.05, 0.1) is 37.3 Å². The molecule has 37 heavy (non-hydrogen) atoms. The number of likely N-dealkylation sites (N-methyl/N-ethyl adjacent to an activating group) is 1. The van der Waals surface area contributed by atoms with E-state index < -0.39 is 48.6 Å². The second kappa shape index (κ2) is 10.9. The van der Waals surface area contributed by atoms with E-state index in [1.165, 1.54) is 29.2 Å². The van der Waals surface area contributed by atoms with Crippen LogP contribution in [0, 0.1) is 31.6 Å². The Bertz CT molecular complexity index is 1510. The second-order valence-electron chi connectivity index (χ2n) is 7.73. The number of amides is 1. The van der Waals surface area contributed by atoms with Gasteiger partial charge in [0, 0.05) is 13.1 Å². The van der Waals surface area contributed by atoms with E-state index in [0.29, 0.717) is 6.07 Å². The summed E-state index contributed by atoms with van der Waals surface area (Å²) in [5.41, 5.74) is -2.05. The van der Waals surface area contributed by atoms with Gasteiger partial charge in [-0.1, -0.05) is 24.3 Å². The summed E-state index contributed by atoms with van der Waals surface area (Å²) >= 11 is 0. The van der Waals surface area contributed by atoms with Crippen LogP contribution in [0.25, 0.3) is 0 Å². The Morgan fingerprint density at radius 3 is 2.22 bits per heavy atom. The molecule has 0 aliphatic rings. The van der Waals surface area contributed by atoms with Gasteiger partial charge in [-0.25, -0.2) is 13.4 Å². The molecule has 0 aliphatic heterocycles. The van der Waals surface area contributed by atoms with Crippen LogP contribution in [0.4, 0.5) is 11.4 Å². The SMILES string of the molecule is CCN(CC)C(=O)C(c1ccc(S(=O)(=O)c2ccccc2)cc1C#N)c1ncc([N+](=O)[O-])cc1[N+](=O)[O-]. The monoisotopic (exact) mass is 523 g/mol. The third-order valence-corrected chi connectivity index (χ3v) is 7.47. The largest absolute Gasteiger partial charge is 0.342 e. The van der Waals surface area contributed by atoms with Crippen LogP contribution in [0.3, 0.4) is 0 Å². The molecule has 0 spiro atoms. The number of rotatable bonds is 9. The molecular formula is C24H21N5O7S. The molecule has 12 nitrogen and oxygen atoms in total. The lowest BCUT2D eigenvalue weighted by atomic mass is 9.89. The molecule has 0 bridgehead atoms. The smallest absolute Gasteiger partial charge is 0.298 e. The topological polar surface area (TPSA) is 177 Å². The number of sulfone groups is 1. The van der Waals surface area contributed by atoms with Crippen LogP contribution in [0.2, 0.25) is 0 Å². The number of carbonyl (C=O) groups excluding carboxylic acids is 1. The molecule has 0 fully saturated rings. The van der Waals surface area contributed by atoms with E-state index >= 15 is 0 Å². The van der Waals surface area contributed by atoms with Crippen LogP contribution in [0.5, 0.6) is 0 Å². The number of hydrogen-bond acceptors (Lipinski definition) is 9. The normalized spacial score (nSPS) is 11.8. The Kier molecular flexibility index (Phi) is 7.94. The lowest BCUT2D eigenvalue weighted by Crippen LogP contribution is -2.36. The fourth-order valence-corrected chi connectivity index (χ4v) is 5.13. The Morgan fingerprint density at radius 2 is 1.68 bits per heavy atom. The summed E-state index contributed by atoms with van der Waals surface area (Å²) in [5, 5.41) is 32.9. The third kappa shape index (κ3) is 5.29. The summed E-state index contributed by atoms with van der Waals surface area (Å²) in [5.74, 6) is -2.13. The van der Waals surface area contributed by atoms with Crippen molar-refractivity contribution in [3.63, 3.8) is 0 Å². The van der Waals surface area contributed by atoms with Gasteiger partial charge in [-0.05, 0) is 43.7 Å². The van der Waals surface area contributed by atoms with E-state index in [1.807, 2.05) is 6.07 Å². The minimum Gasteiger partial charge on any atom is -0.342 e. The summed E-state index contributed by atoms with van der Waals surface area (Å²) in [6.45, 7) is 3.84. The van der Waals surface area contributed by atoms with Crippen molar-refractivity contribution in [2.45, 2.75) is 29.6 Å². The average Bonchev–Trinajstić information content (AvgIpc) is 2.90. The standard InChI is InChI=1S/C24H21N5O7S/c1-3-27(4-2)24(30)22(23-21(29(33)34)13-17(15-26-23)28(31)32)20-11-10-19(12-16(20)14-25)37(35,36)18-8-6-5-7-9-18/h5-13,15,22H,3-4H2,1-2H3. The van der Waals surface area contributed by atoms with Gasteiger partial charge in [0.15, 0.2) is 0 Å². The molecule has 1 amide bonds. The molecule has 0 radical (unpaired) electrons. The van der Waals surface area contributed by atoms with Gasteiger partial charge < -0.3 is 4.90 Å². The lowest BCUT2D eigenvalue weighted by molar-refractivity contribution is -0.395. The molecule has 0 saturated carbocycles. The van der Waals surface area contributed by atoms with Crippen LogP contribution >= 0.6 is 0 Å². The van der Waals surface area contributed by atoms with E-state index in [0.717, 1.165) is 12.3 Å². The van der Waals surface area contributed by atoms with Crippen LogP contribution < -0.4 is 0 Å². The summed E-state index contributed by atoms with van der Waals surface area (Å²) < 4.78 is 26.2. The van der Waals surface area contributed by atoms with E-state index in [-0.39, 0.29) is 34.0 Å². The number of nitrogens with zero attached hydrogens (tertiary/aromatic N) is 5. The fraction of sp³-hybridized carbons (Fsp3) is 0.208. The molecule has 1 aromatic heterocycles. The number of nitriles is 1. The molecule has 13 heteroatoms. The maximum atomic E-state index is 13.6. The zero-order chi connectivity index (χ0) is 27.3. The van der Waals surface area contributed by atoms with Gasteiger partial charge in [-0.15, -0.1) is 0 Å². The van der Waals surface area contributed by atoms with Crippen molar-refractivity contribution in [3.05, 3.63) is 97.8 Å². The van der Waals surface area contributed by atoms with Crippen molar-refractivity contribution in [2.75, 3.05) is 13.1 Å². The van der Waals surface area contributed by atoms with Crippen LogP contribution in [-0.2, 0) is 14.6 Å². The first-order chi connectivity index (χ1) is 17.6. The number of nitro groups is 2. The van der Waals surface area contributed by atoms with Gasteiger partial charge in [-0.2, -0.15) is 5.26 Å². The highest BCUT2D eigenvalue weighted by molar-refractivity contribution is 7.91. The number of pyridine rings is 1. The van der Waals surface area contributed by atoms with Gasteiger partial charge in [0.25, 0.3) is 11.4 Å². The number of benzene rings is 2. The minimum atomic E-state index is -4.01. The molecule has 1 atom stereocenters. The van der Waals surface area contributed by atoms with Gasteiger partial charge in [0.2, 0.25) is 15.7 Å². The van der Waals surface area contributed by atoms with Crippen molar-refractivity contribution in [2.24, 2.45) is 0 Å². The van der Waals surface area contributed by atoms with E-state index in [9.17, 15) is 38.7 Å². The second-order valence-corrected chi connectivity index (χ2v) is 9.68. The molecule has 190 valence electrons. The first-order valence-corrected chi connectivity index (χ1v) is 12.5. The van der Waals surface area contributed by atoms with Crippen molar-refractivity contribution < 1.29 is 23.1 Å². The Labute approximate surface area is 212 Å². The zero-order valence-electron chi connectivity index (χ0n) is 19.8. The first-order valence-electron chi connectivity index (χ1n) is 11.0. The van der Waals surface area contributed by atoms with Crippen LogP contribution in [-0.4, -0.2) is 47.1 Å². The van der Waals surface area contributed by atoms with E-state index in [1.54, 1.807) is 32.0 Å². The molecule has 0 saturated heterocycles. The Hall–Kier alpha value is -4.70. The number of carbonyl (C=O) groups is 1. The number of hydrogen-bond donors (Lipinski definition) is 0. The molecule has 0 N–H and O–H groups in total. The maximum absolute atomic E-state index is 13.6. The Balaban J connectivity index is 2.29. The molecule has 2 aromatic carbocycles. The highest BCUT2D eigenvalue weighted by Gasteiger charge is 2.37. The predicted molar refractivity (Wildman–Crippen MR) is 130 cm³/mol. The van der Waals surface area contributed by atoms with Gasteiger partial charge >= 0.3 is 0 Å². The molecule has 0 aliphatic carbocycles. The summed E-state index contributed by atoms with van der Waals surface area (Å²) in [4.78, 5) is 39.9. The minimum absolute atomic E-state index is 0.00455. The quantitative estimate of drug-likeness (QED) is 0.299. The van der Waals surface area contributed by atoms with Crippen molar-refractivity contribution >= 4 is 27.1 Å². The predicted octanol–water partition coefficient (Wildman–Crippen LogP) is 3.60. The highest BCUT2D eigenvalue weighted by atomic mass is 32.2. The maximum Gasteiger partial charge on any atom is 0.298 e. The average molecular weight is 524 g/mol. The number of aromatic nitrogens is 1. The van der Waals surface area contributed by atoms with Crippen molar-refractivity contribution in [1.29, 1.82) is 5.26 Å². The fourth-order valence-electron chi connectivity index (χ4n) is 3.82. The van der Waals surface area contributed by atoms with E-state index in [4.69, 9.17) is 0 Å². The van der Waals surface area contributed by atoms with Crippen LogP contribution in [0.15, 0.2) is 70.6 Å². The first kappa shape index (κ1) is 26.9. The van der Waals surface area contributed by atoms with E-state index in [2.05, 4.69) is 4.98 Å². The molecule has 1 unspecified atom stereocenters. The lowest BCUT2D eigenvalue weighted by Gasteiger charge is -2.25. The molecule has 1 heterocycles. The highest BCUT2D eigenvalue weighted by Crippen LogP contribution is 2.36. The van der Waals surface area contributed by atoms with Gasteiger partial charge in [-0.3, -0.25) is 25.0 Å². The van der Waals surface area contributed by atoms with Crippen molar-refractivity contribution in [3.8, 4) is 6.07 Å². The van der Waals surface area contributed by atoms with Gasteiger partial charge in [0.1, 0.15) is 17.8 Å². The van der Waals surface area contributed by atoms with Crippen molar-refractivity contribution in [1.82, 2.24) is 9.88 Å². The molecule has 3 aromatic rings. The molecular weight excluding hydrogens is 502 g/mol. The Morgan fingerprint density at radius 1 is 1.03 bits per heavy atom.